The van der Waals surface area contributed by atoms with Gasteiger partial charge in [0.25, 0.3) is 0 Å². The highest BCUT2D eigenvalue weighted by atomic mass is 14.2. The lowest BCUT2D eigenvalue weighted by atomic mass is 10.0. The van der Waals surface area contributed by atoms with Crippen LogP contribution in [0, 0.1) is 18.3 Å². The minimum atomic E-state index is 0.670. The molecule has 0 amide bonds. The maximum atomic E-state index is 8.46. The van der Waals surface area contributed by atoms with Crippen LogP contribution in [0.5, 0.6) is 0 Å². The molecule has 0 saturated heterocycles. The van der Waals surface area contributed by atoms with Crippen LogP contribution in [-0.4, -0.2) is 0 Å². The van der Waals surface area contributed by atoms with E-state index in [4.69, 9.17) is 5.26 Å². The maximum absolute atomic E-state index is 8.46. The topological polar surface area (TPSA) is 23.8 Å². The smallest absolute Gasteiger partial charge is 0.0621 e. The summed E-state index contributed by atoms with van der Waals surface area (Å²) < 4.78 is 0. The van der Waals surface area contributed by atoms with Gasteiger partial charge in [-0.05, 0) is 45.1 Å². The molecule has 17 heavy (non-hydrogen) atoms. The average Bonchev–Trinajstić information content (AvgIpc) is 2.29. The molecule has 0 heterocycles. The normalized spacial score (nSPS) is 11.2. The first-order valence-electron chi connectivity index (χ1n) is 6.30. The first kappa shape index (κ1) is 13.5. The molecule has 1 rings (SSSR count). The predicted octanol–water partition coefficient (Wildman–Crippen LogP) is 4.57. The van der Waals surface area contributed by atoms with Gasteiger partial charge in [-0.1, -0.05) is 41.5 Å². The van der Waals surface area contributed by atoms with Gasteiger partial charge < -0.3 is 0 Å². The van der Waals surface area contributed by atoms with E-state index in [0.29, 0.717) is 6.42 Å². The van der Waals surface area contributed by atoms with Crippen molar-refractivity contribution in [3.05, 3.63) is 47.0 Å². The summed E-state index contributed by atoms with van der Waals surface area (Å²) in [7, 11) is 0. The van der Waals surface area contributed by atoms with Crippen LogP contribution >= 0.6 is 0 Å². The zero-order valence-corrected chi connectivity index (χ0v) is 10.9. The Labute approximate surface area is 105 Å². The summed E-state index contributed by atoms with van der Waals surface area (Å²) in [6.07, 6.45) is 7.23. The summed E-state index contributed by atoms with van der Waals surface area (Å²) in [4.78, 5) is 0. The van der Waals surface area contributed by atoms with Crippen molar-refractivity contribution < 1.29 is 0 Å². The van der Waals surface area contributed by atoms with Crippen LogP contribution in [0.1, 0.15) is 43.7 Å². The molecule has 0 saturated carbocycles. The summed E-state index contributed by atoms with van der Waals surface area (Å²) in [5.41, 5.74) is 4.15. The molecule has 0 unspecified atom stereocenters. The summed E-state index contributed by atoms with van der Waals surface area (Å²) in [5, 5.41) is 8.46. The number of hydrogen-bond acceptors (Lipinski definition) is 1. The van der Waals surface area contributed by atoms with Gasteiger partial charge in [0.2, 0.25) is 0 Å². The van der Waals surface area contributed by atoms with Crippen LogP contribution in [-0.2, 0) is 6.42 Å². The highest BCUT2D eigenvalue weighted by molar-refractivity contribution is 5.22. The van der Waals surface area contributed by atoms with Gasteiger partial charge in [-0.3, -0.25) is 0 Å². The predicted molar refractivity (Wildman–Crippen MR) is 72.7 cm³/mol. The van der Waals surface area contributed by atoms with Gasteiger partial charge in [0.1, 0.15) is 0 Å². The fourth-order valence-corrected chi connectivity index (χ4v) is 1.90. The van der Waals surface area contributed by atoms with Gasteiger partial charge in [-0.25, -0.2) is 0 Å². The number of unbranched alkanes of at least 4 members (excludes halogenated alkanes) is 1. The summed E-state index contributed by atoms with van der Waals surface area (Å²) in [6.45, 7) is 4.29. The van der Waals surface area contributed by atoms with Crippen molar-refractivity contribution in [3.8, 4) is 6.07 Å². The van der Waals surface area contributed by atoms with Crippen LogP contribution in [0.2, 0.25) is 0 Å². The molecule has 0 fully saturated rings. The van der Waals surface area contributed by atoms with Gasteiger partial charge in [0, 0.05) is 6.42 Å². The summed E-state index contributed by atoms with van der Waals surface area (Å²) in [6, 6.07) is 10.9. The lowest BCUT2D eigenvalue weighted by Gasteiger charge is -2.02. The summed E-state index contributed by atoms with van der Waals surface area (Å²) >= 11 is 0. The molecule has 0 aromatic heterocycles. The van der Waals surface area contributed by atoms with Crippen LogP contribution in [0.3, 0.4) is 0 Å². The summed E-state index contributed by atoms with van der Waals surface area (Å²) in [5.74, 6) is 0. The molecular weight excluding hydrogens is 206 g/mol. The van der Waals surface area contributed by atoms with Crippen molar-refractivity contribution in [2.45, 2.75) is 46.0 Å². The van der Waals surface area contributed by atoms with Crippen LogP contribution in [0.4, 0.5) is 0 Å². The van der Waals surface area contributed by atoms with Gasteiger partial charge in [0.15, 0.2) is 0 Å². The molecule has 0 spiro atoms. The fourth-order valence-electron chi connectivity index (χ4n) is 1.90. The number of rotatable bonds is 6. The number of nitrogens with zero attached hydrogens (tertiary/aromatic N) is 1. The van der Waals surface area contributed by atoms with E-state index in [9.17, 15) is 0 Å². The molecule has 0 aliphatic heterocycles. The number of aryl methyl sites for hydroxylation is 2. The van der Waals surface area contributed by atoms with Gasteiger partial charge in [-0.15, -0.1) is 0 Å². The third-order valence-corrected chi connectivity index (χ3v) is 2.87. The Kier molecular flexibility index (Phi) is 6.10. The van der Waals surface area contributed by atoms with Gasteiger partial charge in [-0.2, -0.15) is 5.26 Å². The van der Waals surface area contributed by atoms with Crippen molar-refractivity contribution in [2.24, 2.45) is 0 Å². The molecule has 0 aliphatic carbocycles. The molecule has 1 nitrogen and oxygen atoms in total. The van der Waals surface area contributed by atoms with E-state index in [1.807, 2.05) is 0 Å². The van der Waals surface area contributed by atoms with E-state index in [1.165, 1.54) is 16.7 Å². The molecule has 1 heteroatoms. The average molecular weight is 227 g/mol. The molecule has 0 radical (unpaired) electrons. The molecule has 0 aliphatic rings. The second kappa shape index (κ2) is 7.68. The fraction of sp³-hybridized carbons (Fsp3) is 0.438. The zero-order chi connectivity index (χ0) is 12.5. The van der Waals surface area contributed by atoms with Gasteiger partial charge in [0.05, 0.1) is 6.07 Å². The number of allylic oxidation sites excluding steroid dienone is 2. The standard InChI is InChI=1S/C16H21N/c1-14(7-3-4-12-17)8-5-10-16-11-6-9-15(2)13-16/h6,8-9,11,13H,3-5,7,10H2,1-2H3. The number of nitriles is 1. The van der Waals surface area contributed by atoms with Crippen molar-refractivity contribution in [2.75, 3.05) is 0 Å². The Bertz CT molecular complexity index is 410. The van der Waals surface area contributed by atoms with Crippen LogP contribution < -0.4 is 0 Å². The lowest BCUT2D eigenvalue weighted by molar-refractivity contribution is 0.829. The third-order valence-electron chi connectivity index (χ3n) is 2.87. The lowest BCUT2D eigenvalue weighted by Crippen LogP contribution is -1.85. The Hall–Kier alpha value is -1.55. The highest BCUT2D eigenvalue weighted by Gasteiger charge is 1.94. The van der Waals surface area contributed by atoms with Crippen molar-refractivity contribution in [1.82, 2.24) is 0 Å². The largest absolute Gasteiger partial charge is 0.198 e. The van der Waals surface area contributed by atoms with Crippen molar-refractivity contribution in [3.63, 3.8) is 0 Å². The second-order valence-electron chi connectivity index (χ2n) is 4.59. The van der Waals surface area contributed by atoms with Crippen LogP contribution in [0.25, 0.3) is 0 Å². The van der Waals surface area contributed by atoms with E-state index in [-0.39, 0.29) is 0 Å². The monoisotopic (exact) mass is 227 g/mol. The zero-order valence-electron chi connectivity index (χ0n) is 10.9. The molecule has 1 aromatic rings. The van der Waals surface area contributed by atoms with E-state index in [2.05, 4.69) is 50.3 Å². The van der Waals surface area contributed by atoms with Crippen LogP contribution in [0.15, 0.2) is 35.9 Å². The molecular formula is C16H21N. The minimum absolute atomic E-state index is 0.670. The first-order valence-corrected chi connectivity index (χ1v) is 6.30. The van der Waals surface area contributed by atoms with E-state index >= 15 is 0 Å². The SMILES string of the molecule is CC(=CCCc1cccc(C)c1)CCCC#N. The van der Waals surface area contributed by atoms with Gasteiger partial charge >= 0.3 is 0 Å². The molecule has 0 atom stereocenters. The maximum Gasteiger partial charge on any atom is 0.0621 e. The molecule has 0 bridgehead atoms. The Balaban J connectivity index is 2.31. The van der Waals surface area contributed by atoms with Crippen molar-refractivity contribution >= 4 is 0 Å². The first-order chi connectivity index (χ1) is 8.22. The Morgan fingerprint density at radius 1 is 1.41 bits per heavy atom. The minimum Gasteiger partial charge on any atom is -0.198 e. The third kappa shape index (κ3) is 5.92. The number of benzene rings is 1. The van der Waals surface area contributed by atoms with E-state index in [0.717, 1.165) is 25.7 Å². The van der Waals surface area contributed by atoms with Crippen molar-refractivity contribution in [1.29, 1.82) is 5.26 Å². The molecule has 90 valence electrons. The molecule has 1 aromatic carbocycles. The second-order valence-corrected chi connectivity index (χ2v) is 4.59. The highest BCUT2D eigenvalue weighted by Crippen LogP contribution is 2.10. The van der Waals surface area contributed by atoms with E-state index in [1.54, 1.807) is 0 Å². The Morgan fingerprint density at radius 3 is 2.94 bits per heavy atom. The van der Waals surface area contributed by atoms with E-state index < -0.39 is 0 Å². The number of hydrogen-bond donors (Lipinski definition) is 0. The Morgan fingerprint density at radius 2 is 2.24 bits per heavy atom. The quantitative estimate of drug-likeness (QED) is 0.516. The molecule has 0 N–H and O–H groups in total.